The Bertz CT molecular complexity index is 278. The van der Waals surface area contributed by atoms with Gasteiger partial charge in [0.2, 0.25) is 5.91 Å². The standard InChI is InChI=1S/C17H34N2O/c1-5-7-8-9-10-11-12-19-16(6-2)18-15(17(19)20)13-14(3)4/h14-16,18H,5-13H2,1-4H3. The maximum atomic E-state index is 12.4. The largest absolute Gasteiger partial charge is 0.326 e. The van der Waals surface area contributed by atoms with Gasteiger partial charge in [0, 0.05) is 6.54 Å². The second-order valence-electron chi connectivity index (χ2n) is 6.57. The number of amides is 1. The van der Waals surface area contributed by atoms with E-state index >= 15 is 0 Å². The van der Waals surface area contributed by atoms with Gasteiger partial charge in [-0.25, -0.2) is 0 Å². The molecule has 0 spiro atoms. The second-order valence-corrected chi connectivity index (χ2v) is 6.57. The zero-order chi connectivity index (χ0) is 15.0. The van der Waals surface area contributed by atoms with Crippen LogP contribution in [0.1, 0.15) is 79.1 Å². The highest BCUT2D eigenvalue weighted by Gasteiger charge is 2.37. The Morgan fingerprint density at radius 1 is 1.10 bits per heavy atom. The van der Waals surface area contributed by atoms with E-state index in [2.05, 4.69) is 37.9 Å². The van der Waals surface area contributed by atoms with Crippen molar-refractivity contribution < 1.29 is 4.79 Å². The van der Waals surface area contributed by atoms with Gasteiger partial charge in [-0.15, -0.1) is 0 Å². The van der Waals surface area contributed by atoms with Crippen molar-refractivity contribution in [1.82, 2.24) is 10.2 Å². The van der Waals surface area contributed by atoms with Gasteiger partial charge in [-0.05, 0) is 25.2 Å². The molecule has 1 N–H and O–H groups in total. The first-order valence-corrected chi connectivity index (χ1v) is 8.66. The van der Waals surface area contributed by atoms with Crippen molar-refractivity contribution in [3.8, 4) is 0 Å². The average molecular weight is 282 g/mol. The highest BCUT2D eigenvalue weighted by Crippen LogP contribution is 2.19. The summed E-state index contributed by atoms with van der Waals surface area (Å²) in [4.78, 5) is 14.5. The third-order valence-corrected chi connectivity index (χ3v) is 4.20. The van der Waals surface area contributed by atoms with Crippen LogP contribution < -0.4 is 5.32 Å². The number of hydrogen-bond donors (Lipinski definition) is 1. The Labute approximate surface area is 125 Å². The van der Waals surface area contributed by atoms with Gasteiger partial charge in [-0.2, -0.15) is 0 Å². The summed E-state index contributed by atoms with van der Waals surface area (Å²) in [6.07, 6.45) is 9.95. The molecule has 1 aliphatic heterocycles. The molecule has 118 valence electrons. The summed E-state index contributed by atoms with van der Waals surface area (Å²) in [6.45, 7) is 9.72. The number of rotatable bonds is 10. The molecule has 0 aromatic heterocycles. The second kappa shape index (κ2) is 9.38. The van der Waals surface area contributed by atoms with E-state index in [0.29, 0.717) is 11.8 Å². The van der Waals surface area contributed by atoms with E-state index in [0.717, 1.165) is 25.8 Å². The van der Waals surface area contributed by atoms with Gasteiger partial charge in [0.1, 0.15) is 0 Å². The van der Waals surface area contributed by atoms with Crippen LogP contribution in [-0.2, 0) is 4.79 Å². The molecule has 1 rings (SSSR count). The van der Waals surface area contributed by atoms with Gasteiger partial charge < -0.3 is 4.90 Å². The molecular formula is C17H34N2O. The number of unbranched alkanes of at least 4 members (excludes halogenated alkanes) is 5. The fourth-order valence-corrected chi connectivity index (χ4v) is 3.05. The fraction of sp³-hybridized carbons (Fsp3) is 0.941. The molecule has 3 nitrogen and oxygen atoms in total. The summed E-state index contributed by atoms with van der Waals surface area (Å²) in [7, 11) is 0. The van der Waals surface area contributed by atoms with Crippen LogP contribution in [0.2, 0.25) is 0 Å². The number of nitrogens with one attached hydrogen (secondary N) is 1. The van der Waals surface area contributed by atoms with Gasteiger partial charge in [0.05, 0.1) is 12.2 Å². The molecule has 0 aliphatic carbocycles. The average Bonchev–Trinajstić information content (AvgIpc) is 2.70. The topological polar surface area (TPSA) is 32.3 Å². The lowest BCUT2D eigenvalue weighted by Gasteiger charge is -2.23. The van der Waals surface area contributed by atoms with E-state index in [4.69, 9.17) is 0 Å². The van der Waals surface area contributed by atoms with Crippen molar-refractivity contribution in [3.05, 3.63) is 0 Å². The monoisotopic (exact) mass is 282 g/mol. The molecule has 0 aromatic rings. The van der Waals surface area contributed by atoms with Gasteiger partial charge >= 0.3 is 0 Å². The predicted octanol–water partition coefficient (Wildman–Crippen LogP) is 3.93. The maximum absolute atomic E-state index is 12.4. The Morgan fingerprint density at radius 3 is 2.35 bits per heavy atom. The Kier molecular flexibility index (Phi) is 8.20. The van der Waals surface area contributed by atoms with Crippen LogP contribution in [0.3, 0.4) is 0 Å². The SMILES string of the molecule is CCCCCCCCN1C(=O)C(CC(C)C)NC1CC. The first-order valence-electron chi connectivity index (χ1n) is 8.66. The van der Waals surface area contributed by atoms with Crippen LogP contribution in [0, 0.1) is 5.92 Å². The molecular weight excluding hydrogens is 248 g/mol. The highest BCUT2D eigenvalue weighted by atomic mass is 16.2. The molecule has 1 saturated heterocycles. The molecule has 20 heavy (non-hydrogen) atoms. The van der Waals surface area contributed by atoms with Crippen molar-refractivity contribution >= 4 is 5.91 Å². The van der Waals surface area contributed by atoms with Crippen LogP contribution in [0.15, 0.2) is 0 Å². The number of hydrogen-bond acceptors (Lipinski definition) is 2. The van der Waals surface area contributed by atoms with E-state index in [1.54, 1.807) is 0 Å². The van der Waals surface area contributed by atoms with E-state index < -0.39 is 0 Å². The zero-order valence-electron chi connectivity index (χ0n) is 14.0. The number of carbonyl (C=O) groups is 1. The van der Waals surface area contributed by atoms with Crippen molar-refractivity contribution in [2.24, 2.45) is 5.92 Å². The lowest BCUT2D eigenvalue weighted by Crippen LogP contribution is -2.37. The summed E-state index contributed by atoms with van der Waals surface area (Å²) in [5.74, 6) is 0.905. The summed E-state index contributed by atoms with van der Waals surface area (Å²) >= 11 is 0. The van der Waals surface area contributed by atoms with Gasteiger partial charge in [0.15, 0.2) is 0 Å². The minimum Gasteiger partial charge on any atom is -0.326 e. The van der Waals surface area contributed by atoms with E-state index in [9.17, 15) is 4.79 Å². The lowest BCUT2D eigenvalue weighted by molar-refractivity contribution is -0.130. The van der Waals surface area contributed by atoms with Crippen LogP contribution in [0.25, 0.3) is 0 Å². The lowest BCUT2D eigenvalue weighted by atomic mass is 10.0. The van der Waals surface area contributed by atoms with Gasteiger partial charge in [0.25, 0.3) is 0 Å². The van der Waals surface area contributed by atoms with Gasteiger partial charge in [-0.1, -0.05) is 59.8 Å². The summed E-state index contributed by atoms with van der Waals surface area (Å²) < 4.78 is 0. The molecule has 0 saturated carbocycles. The van der Waals surface area contributed by atoms with Crippen molar-refractivity contribution in [1.29, 1.82) is 0 Å². The summed E-state index contributed by atoms with van der Waals surface area (Å²) in [5.41, 5.74) is 0. The fourth-order valence-electron chi connectivity index (χ4n) is 3.05. The molecule has 0 aromatic carbocycles. The quantitative estimate of drug-likeness (QED) is 0.616. The Balaban J connectivity index is 2.33. The maximum Gasteiger partial charge on any atom is 0.241 e. The first-order chi connectivity index (χ1) is 9.60. The molecule has 2 atom stereocenters. The van der Waals surface area contributed by atoms with Crippen molar-refractivity contribution in [2.75, 3.05) is 6.54 Å². The molecule has 1 aliphatic rings. The molecule has 0 radical (unpaired) electrons. The van der Waals surface area contributed by atoms with Crippen molar-refractivity contribution in [3.63, 3.8) is 0 Å². The smallest absolute Gasteiger partial charge is 0.241 e. The third kappa shape index (κ3) is 5.43. The Morgan fingerprint density at radius 2 is 1.75 bits per heavy atom. The molecule has 1 fully saturated rings. The van der Waals surface area contributed by atoms with Crippen LogP contribution in [0.4, 0.5) is 0 Å². The van der Waals surface area contributed by atoms with Crippen molar-refractivity contribution in [2.45, 2.75) is 91.3 Å². The summed E-state index contributed by atoms with van der Waals surface area (Å²) in [5, 5.41) is 3.51. The molecule has 3 heteroatoms. The predicted molar refractivity (Wildman–Crippen MR) is 85.5 cm³/mol. The Hall–Kier alpha value is -0.570. The molecule has 1 heterocycles. The van der Waals surface area contributed by atoms with Crippen LogP contribution in [0.5, 0.6) is 0 Å². The molecule has 2 unspecified atom stereocenters. The van der Waals surface area contributed by atoms with Gasteiger partial charge in [-0.3, -0.25) is 10.1 Å². The molecule has 0 bridgehead atoms. The number of carbonyl (C=O) groups excluding carboxylic acids is 1. The van der Waals surface area contributed by atoms with Crippen LogP contribution in [-0.4, -0.2) is 29.6 Å². The van der Waals surface area contributed by atoms with Crippen LogP contribution >= 0.6 is 0 Å². The van der Waals surface area contributed by atoms with E-state index in [1.807, 2.05) is 0 Å². The van der Waals surface area contributed by atoms with E-state index in [-0.39, 0.29) is 12.2 Å². The minimum absolute atomic E-state index is 0.0556. The normalized spacial score (nSPS) is 23.1. The number of nitrogens with zero attached hydrogens (tertiary/aromatic N) is 1. The third-order valence-electron chi connectivity index (χ3n) is 4.20. The summed E-state index contributed by atoms with van der Waals surface area (Å²) in [6, 6.07) is 0.0556. The first kappa shape index (κ1) is 17.5. The highest BCUT2D eigenvalue weighted by molar-refractivity contribution is 5.84. The molecule has 1 amide bonds. The minimum atomic E-state index is 0.0556. The van der Waals surface area contributed by atoms with E-state index in [1.165, 1.54) is 32.1 Å². The zero-order valence-corrected chi connectivity index (χ0v) is 14.0.